The second-order valence-electron chi connectivity index (χ2n) is 7.86. The molecule has 0 saturated heterocycles. The van der Waals surface area contributed by atoms with Crippen LogP contribution >= 0.6 is 0 Å². The summed E-state index contributed by atoms with van der Waals surface area (Å²) in [7, 11) is 0. The van der Waals surface area contributed by atoms with Gasteiger partial charge in [0.05, 0.1) is 12.2 Å². The van der Waals surface area contributed by atoms with Crippen molar-refractivity contribution < 1.29 is 4.79 Å². The largest absolute Gasteiger partial charge is 0.377 e. The third-order valence-electron chi connectivity index (χ3n) is 5.35. The van der Waals surface area contributed by atoms with Crippen molar-refractivity contribution in [1.82, 2.24) is 4.98 Å². The van der Waals surface area contributed by atoms with Gasteiger partial charge in [0, 0.05) is 35.4 Å². The van der Waals surface area contributed by atoms with Gasteiger partial charge in [0.2, 0.25) is 5.91 Å². The highest BCUT2D eigenvalue weighted by Crippen LogP contribution is 2.25. The van der Waals surface area contributed by atoms with Crippen molar-refractivity contribution in [1.29, 1.82) is 0 Å². The maximum Gasteiger partial charge on any atom is 0.243 e. The van der Waals surface area contributed by atoms with Crippen molar-refractivity contribution in [2.75, 3.05) is 22.5 Å². The van der Waals surface area contributed by atoms with E-state index in [4.69, 9.17) is 0 Å². The molecule has 3 N–H and O–H groups in total. The molecule has 1 amide bonds. The molecular weight excluding hydrogens is 396 g/mol. The lowest BCUT2D eigenvalue weighted by molar-refractivity contribution is -0.114. The number of hydrogen-bond donors (Lipinski definition) is 3. The average molecular weight is 425 g/mol. The Morgan fingerprint density at radius 3 is 2.56 bits per heavy atom. The number of amides is 1. The summed E-state index contributed by atoms with van der Waals surface area (Å²) in [6.07, 6.45) is 12.6. The van der Waals surface area contributed by atoms with E-state index in [-0.39, 0.29) is 18.5 Å². The quantitative estimate of drug-likeness (QED) is 0.423. The molecule has 0 spiro atoms. The molecule has 5 heteroatoms. The number of anilines is 3. The Morgan fingerprint density at radius 2 is 1.75 bits per heavy atom. The molecule has 32 heavy (non-hydrogen) atoms. The zero-order valence-corrected chi connectivity index (χ0v) is 18.2. The van der Waals surface area contributed by atoms with Gasteiger partial charge in [0.25, 0.3) is 0 Å². The van der Waals surface area contributed by atoms with E-state index in [0.717, 1.165) is 41.0 Å². The maximum atomic E-state index is 12.4. The fourth-order valence-electron chi connectivity index (χ4n) is 3.68. The van der Waals surface area contributed by atoms with Crippen LogP contribution in [0.1, 0.15) is 19.8 Å². The Hall–Kier alpha value is -3.86. The lowest BCUT2D eigenvalue weighted by atomic mass is 10.0. The van der Waals surface area contributed by atoms with Crippen molar-refractivity contribution in [2.24, 2.45) is 0 Å². The second-order valence-corrected chi connectivity index (χ2v) is 7.86. The van der Waals surface area contributed by atoms with Gasteiger partial charge in [-0.25, -0.2) is 0 Å². The van der Waals surface area contributed by atoms with E-state index < -0.39 is 0 Å². The standard InChI is InChI=1S/C27H28N4O/c1-20(21-9-4-2-5-10-21)30-26-16-23(17-28-18-26)22-11-8-14-25(15-22)31-27(32)19-29-24-12-6-3-7-13-24/h3-4,6-18,20,29-30H,2,5,19H2,1H3,(H,31,32)/t20-/m0/s1. The fourth-order valence-corrected chi connectivity index (χ4v) is 3.68. The van der Waals surface area contributed by atoms with Gasteiger partial charge in [-0.2, -0.15) is 0 Å². The average Bonchev–Trinajstić information content (AvgIpc) is 2.84. The van der Waals surface area contributed by atoms with E-state index >= 15 is 0 Å². The van der Waals surface area contributed by atoms with E-state index in [0.29, 0.717) is 0 Å². The van der Waals surface area contributed by atoms with E-state index in [2.05, 4.69) is 52.2 Å². The van der Waals surface area contributed by atoms with Crippen molar-refractivity contribution >= 4 is 23.0 Å². The zero-order valence-electron chi connectivity index (χ0n) is 18.2. The van der Waals surface area contributed by atoms with E-state index in [1.165, 1.54) is 5.57 Å². The lowest BCUT2D eigenvalue weighted by Gasteiger charge is -2.19. The van der Waals surface area contributed by atoms with Gasteiger partial charge in [-0.15, -0.1) is 0 Å². The van der Waals surface area contributed by atoms with Crippen LogP contribution in [-0.2, 0) is 4.79 Å². The number of nitrogens with zero attached hydrogens (tertiary/aromatic N) is 1. The molecule has 0 unspecified atom stereocenters. The SMILES string of the molecule is C[C@H](Nc1cncc(-c2cccc(NC(=O)CNc3ccccc3)c2)c1)C1=CCCC=C1. The van der Waals surface area contributed by atoms with Crippen LogP contribution in [0.2, 0.25) is 0 Å². The molecule has 1 atom stereocenters. The van der Waals surface area contributed by atoms with Crippen LogP contribution in [0.4, 0.5) is 17.1 Å². The number of allylic oxidation sites excluding steroid dienone is 2. The van der Waals surface area contributed by atoms with Crippen LogP contribution < -0.4 is 16.0 Å². The molecular formula is C27H28N4O. The molecule has 4 rings (SSSR count). The predicted molar refractivity (Wildman–Crippen MR) is 133 cm³/mol. The first-order chi connectivity index (χ1) is 15.7. The Morgan fingerprint density at radius 1 is 0.938 bits per heavy atom. The highest BCUT2D eigenvalue weighted by molar-refractivity contribution is 5.94. The molecule has 1 heterocycles. The van der Waals surface area contributed by atoms with Crippen molar-refractivity contribution in [3.05, 3.63) is 96.9 Å². The second kappa shape index (κ2) is 10.4. The monoisotopic (exact) mass is 424 g/mol. The molecule has 5 nitrogen and oxygen atoms in total. The summed E-state index contributed by atoms with van der Waals surface area (Å²) in [6.45, 7) is 2.37. The summed E-state index contributed by atoms with van der Waals surface area (Å²) in [5, 5.41) is 9.62. The normalized spacial score (nSPS) is 13.7. The molecule has 0 saturated carbocycles. The summed E-state index contributed by atoms with van der Waals surface area (Å²) in [5.41, 5.74) is 5.94. The molecule has 1 aliphatic rings. The smallest absolute Gasteiger partial charge is 0.243 e. The van der Waals surface area contributed by atoms with Crippen LogP contribution in [0, 0.1) is 0 Å². The number of nitrogens with one attached hydrogen (secondary N) is 3. The Kier molecular flexibility index (Phi) is 6.98. The van der Waals surface area contributed by atoms with Crippen LogP contribution in [0.5, 0.6) is 0 Å². The predicted octanol–water partition coefficient (Wildman–Crippen LogP) is 5.88. The van der Waals surface area contributed by atoms with Crippen molar-refractivity contribution in [3.63, 3.8) is 0 Å². The van der Waals surface area contributed by atoms with Gasteiger partial charge in [-0.05, 0) is 61.2 Å². The van der Waals surface area contributed by atoms with Gasteiger partial charge in [0.15, 0.2) is 0 Å². The number of para-hydroxylation sites is 1. The maximum absolute atomic E-state index is 12.4. The van der Waals surface area contributed by atoms with Crippen LogP contribution in [0.25, 0.3) is 11.1 Å². The number of benzene rings is 2. The molecule has 3 aromatic rings. The van der Waals surface area contributed by atoms with Gasteiger partial charge < -0.3 is 16.0 Å². The molecule has 0 aliphatic heterocycles. The number of aromatic nitrogens is 1. The van der Waals surface area contributed by atoms with Crippen molar-refractivity contribution in [3.8, 4) is 11.1 Å². The van der Waals surface area contributed by atoms with E-state index in [1.54, 1.807) is 0 Å². The summed E-state index contributed by atoms with van der Waals surface area (Å²) in [4.78, 5) is 16.8. The topological polar surface area (TPSA) is 66.0 Å². The van der Waals surface area contributed by atoms with Gasteiger partial charge in [-0.1, -0.05) is 48.6 Å². The van der Waals surface area contributed by atoms with Crippen molar-refractivity contribution in [2.45, 2.75) is 25.8 Å². The zero-order chi connectivity index (χ0) is 22.2. The minimum atomic E-state index is -0.0952. The van der Waals surface area contributed by atoms with Crippen LogP contribution in [0.3, 0.4) is 0 Å². The molecule has 0 fully saturated rings. The van der Waals surface area contributed by atoms with Gasteiger partial charge in [-0.3, -0.25) is 9.78 Å². The summed E-state index contributed by atoms with van der Waals surface area (Å²) in [6, 6.07) is 19.8. The molecule has 2 aromatic carbocycles. The molecule has 162 valence electrons. The van der Waals surface area contributed by atoms with Crippen LogP contribution in [0.15, 0.2) is 96.9 Å². The highest BCUT2D eigenvalue weighted by atomic mass is 16.1. The first-order valence-electron chi connectivity index (χ1n) is 10.9. The first kappa shape index (κ1) is 21.4. The third-order valence-corrected chi connectivity index (χ3v) is 5.35. The molecule has 0 radical (unpaired) electrons. The summed E-state index contributed by atoms with van der Waals surface area (Å²) < 4.78 is 0. The lowest BCUT2D eigenvalue weighted by Crippen LogP contribution is -2.21. The number of carbonyl (C=O) groups is 1. The first-order valence-corrected chi connectivity index (χ1v) is 10.9. The minimum Gasteiger partial charge on any atom is -0.377 e. The summed E-state index contributed by atoms with van der Waals surface area (Å²) in [5.74, 6) is -0.0952. The minimum absolute atomic E-state index is 0.0952. The van der Waals surface area contributed by atoms with Gasteiger partial charge >= 0.3 is 0 Å². The summed E-state index contributed by atoms with van der Waals surface area (Å²) >= 11 is 0. The molecule has 1 aliphatic carbocycles. The molecule has 0 bridgehead atoms. The highest BCUT2D eigenvalue weighted by Gasteiger charge is 2.10. The number of carbonyl (C=O) groups excluding carboxylic acids is 1. The Labute approximate surface area is 189 Å². The number of hydrogen-bond acceptors (Lipinski definition) is 4. The Balaban J connectivity index is 1.40. The van der Waals surface area contributed by atoms with E-state index in [9.17, 15) is 4.79 Å². The Bertz CT molecular complexity index is 1120. The van der Waals surface area contributed by atoms with Crippen LogP contribution in [-0.4, -0.2) is 23.5 Å². The number of pyridine rings is 1. The van der Waals surface area contributed by atoms with Gasteiger partial charge in [0.1, 0.15) is 0 Å². The van der Waals surface area contributed by atoms with E-state index in [1.807, 2.05) is 67.0 Å². The number of rotatable bonds is 8. The third kappa shape index (κ3) is 5.85. The fraction of sp³-hybridized carbons (Fsp3) is 0.185. The molecule has 1 aromatic heterocycles.